The summed E-state index contributed by atoms with van der Waals surface area (Å²) >= 11 is 6.46. The summed E-state index contributed by atoms with van der Waals surface area (Å²) < 4.78 is 0. The monoisotopic (exact) mass is 579 g/mol. The molecule has 0 spiro atoms. The average molecular weight is 580 g/mol. The highest BCUT2D eigenvalue weighted by molar-refractivity contribution is 6.33. The number of anilines is 3. The molecular weight excluding hydrogens is 550 g/mol. The zero-order chi connectivity index (χ0) is 29.5. The SMILES string of the molecule is CN(C)C/C=C/C(=O)NCc1ccc(C(=O)Nc2cccc(Nc3ncc(Cl)c(-c4c[nH]c5ccccc45)n3)c2)cc1. The number of fused-ring (bicyclic) bond motifs is 1. The molecule has 5 rings (SSSR count). The molecule has 0 saturated heterocycles. The first-order valence-corrected chi connectivity index (χ1v) is 13.7. The predicted octanol–water partition coefficient (Wildman–Crippen LogP) is 6.01. The van der Waals surface area contributed by atoms with Gasteiger partial charge in [0.05, 0.1) is 16.9 Å². The Morgan fingerprint density at radius 2 is 1.79 bits per heavy atom. The topological polar surface area (TPSA) is 115 Å². The Morgan fingerprint density at radius 1 is 1.00 bits per heavy atom. The van der Waals surface area contributed by atoms with Gasteiger partial charge in [0.1, 0.15) is 0 Å². The highest BCUT2D eigenvalue weighted by Crippen LogP contribution is 2.32. The fourth-order valence-corrected chi connectivity index (χ4v) is 4.48. The van der Waals surface area contributed by atoms with Crippen LogP contribution in [0, 0.1) is 0 Å². The molecule has 0 saturated carbocycles. The van der Waals surface area contributed by atoms with Crippen LogP contribution in [0.2, 0.25) is 5.02 Å². The van der Waals surface area contributed by atoms with Gasteiger partial charge >= 0.3 is 0 Å². The molecule has 0 bridgehead atoms. The lowest BCUT2D eigenvalue weighted by molar-refractivity contribution is -0.116. The van der Waals surface area contributed by atoms with Crippen molar-refractivity contribution in [2.45, 2.75) is 6.54 Å². The Bertz CT molecular complexity index is 1750. The first kappa shape index (κ1) is 28.5. The Labute approximate surface area is 248 Å². The van der Waals surface area contributed by atoms with Crippen LogP contribution in [-0.2, 0) is 11.3 Å². The molecule has 42 heavy (non-hydrogen) atoms. The van der Waals surface area contributed by atoms with Gasteiger partial charge < -0.3 is 25.8 Å². The third-order valence-corrected chi connectivity index (χ3v) is 6.66. The molecule has 10 heteroatoms. The highest BCUT2D eigenvalue weighted by Gasteiger charge is 2.13. The molecule has 0 aliphatic carbocycles. The van der Waals surface area contributed by atoms with E-state index in [0.717, 1.165) is 22.0 Å². The third-order valence-electron chi connectivity index (χ3n) is 6.39. The van der Waals surface area contributed by atoms with E-state index in [-0.39, 0.29) is 11.8 Å². The summed E-state index contributed by atoms with van der Waals surface area (Å²) in [5, 5.41) is 10.4. The summed E-state index contributed by atoms with van der Waals surface area (Å²) in [4.78, 5) is 39.1. The van der Waals surface area contributed by atoms with E-state index in [1.165, 1.54) is 6.08 Å². The summed E-state index contributed by atoms with van der Waals surface area (Å²) in [6.45, 7) is 1.06. The summed E-state index contributed by atoms with van der Waals surface area (Å²) in [5.74, 6) is -0.0388. The molecule has 0 radical (unpaired) electrons. The van der Waals surface area contributed by atoms with E-state index in [0.29, 0.717) is 46.7 Å². The van der Waals surface area contributed by atoms with Crippen LogP contribution in [0.25, 0.3) is 22.2 Å². The fourth-order valence-electron chi connectivity index (χ4n) is 4.28. The zero-order valence-corrected chi connectivity index (χ0v) is 23.9. The largest absolute Gasteiger partial charge is 0.360 e. The molecule has 0 aliphatic rings. The van der Waals surface area contributed by atoms with Gasteiger partial charge in [-0.1, -0.05) is 54.1 Å². The zero-order valence-electron chi connectivity index (χ0n) is 23.2. The molecule has 4 N–H and O–H groups in total. The second kappa shape index (κ2) is 13.1. The number of halogens is 1. The van der Waals surface area contributed by atoms with Crippen molar-refractivity contribution in [3.63, 3.8) is 0 Å². The molecule has 2 amide bonds. The molecule has 0 fully saturated rings. The number of H-pyrrole nitrogens is 1. The maximum atomic E-state index is 12.9. The van der Waals surface area contributed by atoms with E-state index in [9.17, 15) is 9.59 Å². The van der Waals surface area contributed by atoms with Gasteiger partial charge in [-0.2, -0.15) is 0 Å². The molecule has 0 unspecified atom stereocenters. The number of para-hydroxylation sites is 1. The average Bonchev–Trinajstić information content (AvgIpc) is 3.41. The molecule has 212 valence electrons. The molecule has 3 aromatic carbocycles. The van der Waals surface area contributed by atoms with Crippen molar-refractivity contribution in [1.29, 1.82) is 0 Å². The van der Waals surface area contributed by atoms with E-state index < -0.39 is 0 Å². The molecular formula is C32H30ClN7O2. The third kappa shape index (κ3) is 7.20. The number of nitrogens with one attached hydrogen (secondary N) is 4. The number of aromatic nitrogens is 3. The van der Waals surface area contributed by atoms with Gasteiger partial charge in [0, 0.05) is 58.8 Å². The quantitative estimate of drug-likeness (QED) is 0.151. The van der Waals surface area contributed by atoms with Gasteiger partial charge in [0.25, 0.3) is 5.91 Å². The number of hydrogen-bond donors (Lipinski definition) is 4. The van der Waals surface area contributed by atoms with Crippen molar-refractivity contribution in [1.82, 2.24) is 25.2 Å². The van der Waals surface area contributed by atoms with Crippen molar-refractivity contribution in [3.05, 3.63) is 113 Å². The standard InChI is InChI=1S/C32H30ClN7O2/c1-40(2)16-6-11-29(41)35-18-21-12-14-22(15-13-21)31(42)37-23-7-5-8-24(17-23)38-32-36-20-27(33)30(39-32)26-19-34-28-10-4-3-9-25(26)28/h3-15,17,19-20,34H,16,18H2,1-2H3,(H,35,41)(H,37,42)(H,36,38,39)/b11-6+. The lowest BCUT2D eigenvalue weighted by atomic mass is 10.1. The van der Waals surface area contributed by atoms with Crippen molar-refractivity contribution in [3.8, 4) is 11.3 Å². The number of carbonyl (C=O) groups excluding carboxylic acids is 2. The molecule has 2 heterocycles. The normalized spacial score (nSPS) is 11.2. The number of benzene rings is 3. The predicted molar refractivity (Wildman–Crippen MR) is 168 cm³/mol. The lowest BCUT2D eigenvalue weighted by Crippen LogP contribution is -2.21. The maximum absolute atomic E-state index is 12.9. The maximum Gasteiger partial charge on any atom is 0.255 e. The van der Waals surface area contributed by atoms with Gasteiger partial charge in [-0.15, -0.1) is 0 Å². The lowest BCUT2D eigenvalue weighted by Gasteiger charge is -2.10. The first-order valence-electron chi connectivity index (χ1n) is 13.3. The Kier molecular flexibility index (Phi) is 8.91. The number of nitrogens with zero attached hydrogens (tertiary/aromatic N) is 3. The first-order chi connectivity index (χ1) is 20.4. The molecule has 0 atom stereocenters. The summed E-state index contributed by atoms with van der Waals surface area (Å²) in [5.41, 5.74) is 5.18. The van der Waals surface area contributed by atoms with Crippen molar-refractivity contribution in [2.75, 3.05) is 31.3 Å². The minimum Gasteiger partial charge on any atom is -0.360 e. The van der Waals surface area contributed by atoms with E-state index in [4.69, 9.17) is 11.6 Å². The number of rotatable bonds is 10. The second-order valence-corrected chi connectivity index (χ2v) is 10.3. The van der Waals surface area contributed by atoms with E-state index in [1.807, 2.05) is 73.7 Å². The minimum absolute atomic E-state index is 0.162. The van der Waals surface area contributed by atoms with Crippen molar-refractivity contribution >= 4 is 51.6 Å². The van der Waals surface area contributed by atoms with Crippen molar-refractivity contribution < 1.29 is 9.59 Å². The van der Waals surface area contributed by atoms with Gasteiger partial charge in [-0.25, -0.2) is 9.97 Å². The smallest absolute Gasteiger partial charge is 0.255 e. The molecule has 9 nitrogen and oxygen atoms in total. The van der Waals surface area contributed by atoms with Crippen LogP contribution in [0.1, 0.15) is 15.9 Å². The number of amides is 2. The van der Waals surface area contributed by atoms with Crippen LogP contribution in [0.15, 0.2) is 97.3 Å². The van der Waals surface area contributed by atoms with E-state index in [1.54, 1.807) is 36.5 Å². The Hall–Kier alpha value is -4.99. The van der Waals surface area contributed by atoms with Gasteiger partial charge in [0.15, 0.2) is 0 Å². The number of hydrogen-bond acceptors (Lipinski definition) is 6. The van der Waals surface area contributed by atoms with Crippen LogP contribution in [0.5, 0.6) is 0 Å². The molecule has 2 aromatic heterocycles. The summed E-state index contributed by atoms with van der Waals surface area (Å²) in [7, 11) is 3.87. The van der Waals surface area contributed by atoms with Gasteiger partial charge in [-0.3, -0.25) is 9.59 Å². The van der Waals surface area contributed by atoms with Crippen LogP contribution in [-0.4, -0.2) is 52.3 Å². The van der Waals surface area contributed by atoms with Gasteiger partial charge in [-0.05, 0) is 56.1 Å². The van der Waals surface area contributed by atoms with Gasteiger partial charge in [0.2, 0.25) is 11.9 Å². The Morgan fingerprint density at radius 3 is 2.60 bits per heavy atom. The van der Waals surface area contributed by atoms with Crippen LogP contribution in [0.4, 0.5) is 17.3 Å². The second-order valence-electron chi connectivity index (χ2n) is 9.88. The molecule has 0 aliphatic heterocycles. The van der Waals surface area contributed by atoms with Crippen molar-refractivity contribution in [2.24, 2.45) is 0 Å². The van der Waals surface area contributed by atoms with Crippen LogP contribution < -0.4 is 16.0 Å². The number of carbonyl (C=O) groups is 2. The summed E-state index contributed by atoms with van der Waals surface area (Å²) in [6.07, 6.45) is 6.77. The van der Waals surface area contributed by atoms with E-state index >= 15 is 0 Å². The summed E-state index contributed by atoms with van der Waals surface area (Å²) in [6, 6.07) is 22.3. The fraction of sp³-hybridized carbons (Fsp3) is 0.125. The van der Waals surface area contributed by atoms with Crippen LogP contribution >= 0.6 is 11.6 Å². The number of aromatic amines is 1. The minimum atomic E-state index is -0.251. The number of likely N-dealkylation sites (N-methyl/N-ethyl adjacent to an activating group) is 1. The highest BCUT2D eigenvalue weighted by atomic mass is 35.5. The Balaban J connectivity index is 1.21. The van der Waals surface area contributed by atoms with E-state index in [2.05, 4.69) is 30.9 Å². The van der Waals surface area contributed by atoms with Crippen LogP contribution in [0.3, 0.4) is 0 Å². The molecule has 5 aromatic rings.